The molecule has 5 nitrogen and oxygen atoms in total. The number of hydrogen-bond acceptors (Lipinski definition) is 4. The van der Waals surface area contributed by atoms with Crippen molar-refractivity contribution >= 4 is 17.7 Å². The summed E-state index contributed by atoms with van der Waals surface area (Å²) in [6, 6.07) is 9.98. The zero-order chi connectivity index (χ0) is 17.9. The molecule has 0 saturated carbocycles. The smallest absolute Gasteiger partial charge is 0.422 e. The SMILES string of the molecule is O=C(Nc1ccc(OCC(F)(F)F)nc1)C1=Cc2ccccc2OC1. The van der Waals surface area contributed by atoms with E-state index in [2.05, 4.69) is 15.0 Å². The van der Waals surface area contributed by atoms with E-state index in [0.29, 0.717) is 17.0 Å². The minimum Gasteiger partial charge on any atom is -0.488 e. The Morgan fingerprint density at radius 3 is 2.76 bits per heavy atom. The number of carbonyl (C=O) groups excluding carboxylic acids is 1. The van der Waals surface area contributed by atoms with Crippen LogP contribution in [-0.2, 0) is 4.79 Å². The van der Waals surface area contributed by atoms with E-state index in [1.807, 2.05) is 24.3 Å². The molecule has 0 saturated heterocycles. The zero-order valence-corrected chi connectivity index (χ0v) is 12.8. The number of nitrogens with zero attached hydrogens (tertiary/aromatic N) is 1. The van der Waals surface area contributed by atoms with Gasteiger partial charge < -0.3 is 14.8 Å². The second kappa shape index (κ2) is 6.84. The maximum absolute atomic E-state index is 12.3. The molecule has 0 fully saturated rings. The predicted octanol–water partition coefficient (Wildman–Crippen LogP) is 3.44. The molecular weight excluding hydrogens is 337 g/mol. The molecule has 0 aliphatic carbocycles. The Labute approximate surface area is 141 Å². The van der Waals surface area contributed by atoms with Crippen molar-refractivity contribution in [3.63, 3.8) is 0 Å². The third-order valence-electron chi connectivity index (χ3n) is 3.30. The summed E-state index contributed by atoms with van der Waals surface area (Å²) >= 11 is 0. The molecule has 0 spiro atoms. The molecule has 0 unspecified atom stereocenters. The van der Waals surface area contributed by atoms with Crippen LogP contribution in [-0.4, -0.2) is 30.3 Å². The molecule has 1 aromatic heterocycles. The zero-order valence-electron chi connectivity index (χ0n) is 12.8. The minimum atomic E-state index is -4.43. The van der Waals surface area contributed by atoms with Gasteiger partial charge in [0.15, 0.2) is 6.61 Å². The third kappa shape index (κ3) is 4.50. The molecule has 1 aromatic carbocycles. The quantitative estimate of drug-likeness (QED) is 0.918. The van der Waals surface area contributed by atoms with Crippen LogP contribution in [0.4, 0.5) is 18.9 Å². The van der Waals surface area contributed by atoms with Crippen LogP contribution in [0.15, 0.2) is 48.2 Å². The van der Waals surface area contributed by atoms with E-state index in [0.717, 1.165) is 5.56 Å². The number of para-hydroxylation sites is 1. The lowest BCUT2D eigenvalue weighted by Gasteiger charge is -2.17. The molecule has 0 radical (unpaired) electrons. The van der Waals surface area contributed by atoms with Gasteiger partial charge in [-0.25, -0.2) is 4.98 Å². The van der Waals surface area contributed by atoms with Crippen LogP contribution >= 0.6 is 0 Å². The summed E-state index contributed by atoms with van der Waals surface area (Å²) in [6.07, 6.45) is -1.48. The Morgan fingerprint density at radius 1 is 1.24 bits per heavy atom. The first-order valence-electron chi connectivity index (χ1n) is 7.30. The van der Waals surface area contributed by atoms with Crippen LogP contribution in [0.25, 0.3) is 6.08 Å². The molecule has 3 rings (SSSR count). The number of anilines is 1. The lowest BCUT2D eigenvalue weighted by Crippen LogP contribution is -2.21. The highest BCUT2D eigenvalue weighted by molar-refractivity contribution is 6.07. The van der Waals surface area contributed by atoms with Crippen LogP contribution in [0.5, 0.6) is 11.6 Å². The van der Waals surface area contributed by atoms with Gasteiger partial charge >= 0.3 is 6.18 Å². The number of benzene rings is 1. The lowest BCUT2D eigenvalue weighted by molar-refractivity contribution is -0.154. The summed E-state index contributed by atoms with van der Waals surface area (Å²) in [5, 5.41) is 2.61. The number of nitrogens with one attached hydrogen (secondary N) is 1. The average Bonchev–Trinajstić information content (AvgIpc) is 2.60. The molecule has 2 heterocycles. The van der Waals surface area contributed by atoms with E-state index >= 15 is 0 Å². The molecule has 1 N–H and O–H groups in total. The number of alkyl halides is 3. The van der Waals surface area contributed by atoms with E-state index in [4.69, 9.17) is 4.74 Å². The molecule has 25 heavy (non-hydrogen) atoms. The van der Waals surface area contributed by atoms with E-state index in [9.17, 15) is 18.0 Å². The number of hydrogen-bond donors (Lipinski definition) is 1. The molecule has 1 amide bonds. The van der Waals surface area contributed by atoms with Gasteiger partial charge in [-0.3, -0.25) is 4.79 Å². The Kier molecular flexibility index (Phi) is 4.60. The molecule has 8 heteroatoms. The number of rotatable bonds is 4. The first-order chi connectivity index (χ1) is 11.9. The highest BCUT2D eigenvalue weighted by Gasteiger charge is 2.28. The number of amides is 1. The van der Waals surface area contributed by atoms with Crippen molar-refractivity contribution in [3.05, 3.63) is 53.7 Å². The van der Waals surface area contributed by atoms with Gasteiger partial charge in [-0.15, -0.1) is 0 Å². The largest absolute Gasteiger partial charge is 0.488 e. The van der Waals surface area contributed by atoms with Crippen LogP contribution in [0, 0.1) is 0 Å². The third-order valence-corrected chi connectivity index (χ3v) is 3.30. The summed E-state index contributed by atoms with van der Waals surface area (Å²) in [4.78, 5) is 16.0. The first-order valence-corrected chi connectivity index (χ1v) is 7.30. The molecule has 2 aromatic rings. The summed E-state index contributed by atoms with van der Waals surface area (Å²) in [7, 11) is 0. The minimum absolute atomic E-state index is 0.128. The van der Waals surface area contributed by atoms with Gasteiger partial charge in [0.1, 0.15) is 12.4 Å². The fourth-order valence-electron chi connectivity index (χ4n) is 2.15. The van der Waals surface area contributed by atoms with Gasteiger partial charge in [-0.2, -0.15) is 13.2 Å². The maximum Gasteiger partial charge on any atom is 0.422 e. The first kappa shape index (κ1) is 16.8. The number of halogens is 3. The maximum atomic E-state index is 12.3. The van der Waals surface area contributed by atoms with Crippen molar-refractivity contribution in [2.75, 3.05) is 18.5 Å². The van der Waals surface area contributed by atoms with Crippen molar-refractivity contribution in [3.8, 4) is 11.6 Å². The molecule has 1 aliphatic heterocycles. The van der Waals surface area contributed by atoms with Gasteiger partial charge in [0.05, 0.1) is 17.5 Å². The van der Waals surface area contributed by atoms with Crippen molar-refractivity contribution in [1.29, 1.82) is 0 Å². The van der Waals surface area contributed by atoms with Crippen LogP contribution in [0.1, 0.15) is 5.56 Å². The second-order valence-corrected chi connectivity index (χ2v) is 5.24. The summed E-state index contributed by atoms with van der Waals surface area (Å²) in [5.74, 6) is 0.150. The van der Waals surface area contributed by atoms with E-state index < -0.39 is 12.8 Å². The summed E-state index contributed by atoms with van der Waals surface area (Å²) < 4.78 is 46.2. The van der Waals surface area contributed by atoms with Gasteiger partial charge in [0.2, 0.25) is 5.88 Å². The highest BCUT2D eigenvalue weighted by atomic mass is 19.4. The Hall–Kier alpha value is -3.03. The average molecular weight is 350 g/mol. The molecule has 0 bridgehead atoms. The highest BCUT2D eigenvalue weighted by Crippen LogP contribution is 2.26. The topological polar surface area (TPSA) is 60.5 Å². The normalized spacial score (nSPS) is 13.3. The van der Waals surface area contributed by atoms with Gasteiger partial charge in [-0.1, -0.05) is 18.2 Å². The van der Waals surface area contributed by atoms with Gasteiger partial charge in [0.25, 0.3) is 5.91 Å². The molecular formula is C17H13F3N2O3. The Bertz CT molecular complexity index is 802. The van der Waals surface area contributed by atoms with Gasteiger partial charge in [0, 0.05) is 11.6 Å². The molecule has 130 valence electrons. The van der Waals surface area contributed by atoms with Crippen LogP contribution < -0.4 is 14.8 Å². The lowest BCUT2D eigenvalue weighted by atomic mass is 10.1. The van der Waals surface area contributed by atoms with Crippen molar-refractivity contribution < 1.29 is 27.4 Å². The molecule has 1 aliphatic rings. The van der Waals surface area contributed by atoms with Crippen molar-refractivity contribution in [2.24, 2.45) is 0 Å². The van der Waals surface area contributed by atoms with E-state index in [1.54, 1.807) is 6.08 Å². The van der Waals surface area contributed by atoms with Crippen molar-refractivity contribution in [2.45, 2.75) is 6.18 Å². The second-order valence-electron chi connectivity index (χ2n) is 5.24. The standard InChI is InChI=1S/C17H13F3N2O3/c18-17(19,20)10-25-15-6-5-13(8-21-15)22-16(23)12-7-11-3-1-2-4-14(11)24-9-12/h1-8H,9-10H2,(H,22,23). The Morgan fingerprint density at radius 2 is 2.04 bits per heavy atom. The van der Waals surface area contributed by atoms with Crippen LogP contribution in [0.2, 0.25) is 0 Å². The predicted molar refractivity (Wildman–Crippen MR) is 84.3 cm³/mol. The van der Waals surface area contributed by atoms with Crippen LogP contribution in [0.3, 0.4) is 0 Å². The summed E-state index contributed by atoms with van der Waals surface area (Å²) in [5.41, 5.74) is 1.56. The fourth-order valence-corrected chi connectivity index (χ4v) is 2.15. The van der Waals surface area contributed by atoms with E-state index in [1.165, 1.54) is 18.3 Å². The number of pyridine rings is 1. The van der Waals surface area contributed by atoms with Gasteiger partial charge in [-0.05, 0) is 18.2 Å². The summed E-state index contributed by atoms with van der Waals surface area (Å²) in [6.45, 7) is -1.29. The number of fused-ring (bicyclic) bond motifs is 1. The monoisotopic (exact) mass is 350 g/mol. The number of ether oxygens (including phenoxy) is 2. The number of aromatic nitrogens is 1. The Balaban J connectivity index is 1.63. The molecule has 0 atom stereocenters. The number of carbonyl (C=O) groups is 1. The van der Waals surface area contributed by atoms with E-state index in [-0.39, 0.29) is 18.4 Å². The fraction of sp³-hybridized carbons (Fsp3) is 0.176. The van der Waals surface area contributed by atoms with Crippen molar-refractivity contribution in [1.82, 2.24) is 4.98 Å².